The molecule has 1 aromatic rings. The fraction of sp³-hybridized carbons (Fsp3) is 0.579. The van der Waals surface area contributed by atoms with E-state index in [-0.39, 0.29) is 18.2 Å². The van der Waals surface area contributed by atoms with Gasteiger partial charge in [-0.05, 0) is 49.5 Å². The second-order valence-electron chi connectivity index (χ2n) is 6.95. The van der Waals surface area contributed by atoms with E-state index < -0.39 is 5.97 Å². The lowest BCUT2D eigenvalue weighted by atomic mass is 9.89. The first-order valence-corrected chi connectivity index (χ1v) is 8.70. The first kappa shape index (κ1) is 16.0. The smallest absolute Gasteiger partial charge is 0.303 e. The van der Waals surface area contributed by atoms with Crippen molar-refractivity contribution >= 4 is 11.9 Å². The summed E-state index contributed by atoms with van der Waals surface area (Å²) >= 11 is 0. The number of aliphatic carboxylic acids is 1. The van der Waals surface area contributed by atoms with Crippen LogP contribution in [0.5, 0.6) is 0 Å². The van der Waals surface area contributed by atoms with Gasteiger partial charge in [0.05, 0.1) is 5.92 Å². The summed E-state index contributed by atoms with van der Waals surface area (Å²) in [6.07, 6.45) is 5.19. The molecule has 1 N–H and O–H groups in total. The van der Waals surface area contributed by atoms with Crippen LogP contribution in [0.4, 0.5) is 0 Å². The van der Waals surface area contributed by atoms with Gasteiger partial charge in [0, 0.05) is 19.5 Å². The van der Waals surface area contributed by atoms with E-state index >= 15 is 0 Å². The van der Waals surface area contributed by atoms with Crippen LogP contribution in [0.2, 0.25) is 0 Å². The Hall–Kier alpha value is -1.84. The zero-order valence-corrected chi connectivity index (χ0v) is 13.5. The van der Waals surface area contributed by atoms with Gasteiger partial charge in [-0.25, -0.2) is 0 Å². The predicted molar refractivity (Wildman–Crippen MR) is 88.1 cm³/mol. The molecule has 1 aromatic carbocycles. The number of benzene rings is 1. The number of carbonyl (C=O) groups is 2. The number of carboxylic acid groups (broad SMARTS) is 1. The number of likely N-dealkylation sites (tertiary alicyclic amines) is 1. The highest BCUT2D eigenvalue weighted by atomic mass is 16.4. The Bertz CT molecular complexity index is 553. The average molecular weight is 315 g/mol. The third-order valence-electron chi connectivity index (χ3n) is 5.12. The van der Waals surface area contributed by atoms with Crippen LogP contribution in [0, 0.1) is 11.8 Å². The number of piperidine rings is 1. The van der Waals surface area contributed by atoms with Crippen LogP contribution in [-0.4, -0.2) is 35.0 Å². The van der Waals surface area contributed by atoms with Crippen LogP contribution in [0.15, 0.2) is 30.3 Å². The van der Waals surface area contributed by atoms with Gasteiger partial charge in [-0.2, -0.15) is 0 Å². The number of hydrogen-bond donors (Lipinski definition) is 1. The highest BCUT2D eigenvalue weighted by Crippen LogP contribution is 2.44. The Balaban J connectivity index is 1.66. The fourth-order valence-corrected chi connectivity index (χ4v) is 3.73. The van der Waals surface area contributed by atoms with Crippen LogP contribution < -0.4 is 0 Å². The van der Waals surface area contributed by atoms with E-state index in [1.165, 1.54) is 0 Å². The Kier molecular flexibility index (Phi) is 4.99. The SMILES string of the molecule is O=C(O)CCC1CCCN(C(=O)C(c2ccccc2)C2CC2)C1. The van der Waals surface area contributed by atoms with Crippen LogP contribution in [0.3, 0.4) is 0 Å². The fourth-order valence-electron chi connectivity index (χ4n) is 3.73. The molecule has 4 heteroatoms. The van der Waals surface area contributed by atoms with Crippen molar-refractivity contribution in [1.29, 1.82) is 0 Å². The lowest BCUT2D eigenvalue weighted by Crippen LogP contribution is -2.43. The predicted octanol–water partition coefficient (Wildman–Crippen LogP) is 3.28. The third-order valence-corrected chi connectivity index (χ3v) is 5.12. The summed E-state index contributed by atoms with van der Waals surface area (Å²) in [7, 11) is 0. The topological polar surface area (TPSA) is 57.6 Å². The maximum absolute atomic E-state index is 13.1. The molecule has 0 aromatic heterocycles. The van der Waals surface area contributed by atoms with Gasteiger partial charge in [0.25, 0.3) is 0 Å². The summed E-state index contributed by atoms with van der Waals surface area (Å²) in [6.45, 7) is 1.54. The molecule has 1 aliphatic heterocycles. The highest BCUT2D eigenvalue weighted by Gasteiger charge is 2.40. The lowest BCUT2D eigenvalue weighted by Gasteiger charge is -2.35. The van der Waals surface area contributed by atoms with Crippen molar-refractivity contribution in [2.75, 3.05) is 13.1 Å². The van der Waals surface area contributed by atoms with Crippen molar-refractivity contribution in [3.63, 3.8) is 0 Å². The first-order valence-electron chi connectivity index (χ1n) is 8.70. The zero-order valence-electron chi connectivity index (χ0n) is 13.5. The molecule has 1 saturated heterocycles. The molecule has 3 rings (SSSR count). The number of amides is 1. The summed E-state index contributed by atoms with van der Waals surface area (Å²) in [4.78, 5) is 25.8. The highest BCUT2D eigenvalue weighted by molar-refractivity contribution is 5.84. The van der Waals surface area contributed by atoms with Gasteiger partial charge in [0.15, 0.2) is 0 Å². The number of hydrogen-bond acceptors (Lipinski definition) is 2. The normalized spacial score (nSPS) is 22.6. The lowest BCUT2D eigenvalue weighted by molar-refractivity contribution is -0.137. The molecule has 124 valence electrons. The molecule has 2 fully saturated rings. The Morgan fingerprint density at radius 2 is 1.91 bits per heavy atom. The van der Waals surface area contributed by atoms with Crippen LogP contribution >= 0.6 is 0 Å². The molecule has 1 amide bonds. The summed E-state index contributed by atoms with van der Waals surface area (Å²) in [6, 6.07) is 10.1. The molecule has 0 spiro atoms. The quantitative estimate of drug-likeness (QED) is 0.876. The molecule has 2 atom stereocenters. The van der Waals surface area contributed by atoms with Crippen molar-refractivity contribution in [2.24, 2.45) is 11.8 Å². The number of carboxylic acids is 1. The van der Waals surface area contributed by atoms with Gasteiger partial charge in [0.2, 0.25) is 5.91 Å². The molecule has 1 saturated carbocycles. The van der Waals surface area contributed by atoms with Crippen LogP contribution in [0.1, 0.15) is 50.0 Å². The van der Waals surface area contributed by atoms with E-state index in [2.05, 4.69) is 12.1 Å². The van der Waals surface area contributed by atoms with Crippen LogP contribution in [-0.2, 0) is 9.59 Å². The maximum atomic E-state index is 13.1. The standard InChI is InChI=1S/C19H25NO3/c21-17(22)11-8-14-5-4-12-20(13-14)19(23)18(16-9-10-16)15-6-2-1-3-7-15/h1-3,6-7,14,16,18H,4-5,8-13H2,(H,21,22). The third kappa shape index (κ3) is 4.12. The number of carbonyl (C=O) groups excluding carboxylic acids is 1. The molecular formula is C19H25NO3. The van der Waals surface area contributed by atoms with Gasteiger partial charge < -0.3 is 10.0 Å². The van der Waals surface area contributed by atoms with Crippen molar-refractivity contribution < 1.29 is 14.7 Å². The van der Waals surface area contributed by atoms with Gasteiger partial charge in [-0.3, -0.25) is 9.59 Å². The Morgan fingerprint density at radius 3 is 2.57 bits per heavy atom. The second-order valence-corrected chi connectivity index (χ2v) is 6.95. The van der Waals surface area contributed by atoms with Crippen LogP contribution in [0.25, 0.3) is 0 Å². The number of nitrogens with zero attached hydrogens (tertiary/aromatic N) is 1. The number of rotatable bonds is 6. The Morgan fingerprint density at radius 1 is 1.17 bits per heavy atom. The van der Waals surface area contributed by atoms with Crippen molar-refractivity contribution in [1.82, 2.24) is 4.90 Å². The van der Waals surface area contributed by atoms with Crippen molar-refractivity contribution in [2.45, 2.75) is 44.4 Å². The summed E-state index contributed by atoms with van der Waals surface area (Å²) < 4.78 is 0. The first-order chi connectivity index (χ1) is 11.1. The van der Waals surface area contributed by atoms with E-state index in [9.17, 15) is 9.59 Å². The molecule has 0 radical (unpaired) electrons. The largest absolute Gasteiger partial charge is 0.481 e. The maximum Gasteiger partial charge on any atom is 0.303 e. The minimum absolute atomic E-state index is 0.00516. The minimum atomic E-state index is -0.742. The van der Waals surface area contributed by atoms with E-state index in [0.29, 0.717) is 18.3 Å². The van der Waals surface area contributed by atoms with Gasteiger partial charge in [0.1, 0.15) is 0 Å². The summed E-state index contributed by atoms with van der Waals surface area (Å²) in [5.41, 5.74) is 1.13. The molecule has 1 heterocycles. The molecule has 2 aliphatic rings. The van der Waals surface area contributed by atoms with E-state index in [1.807, 2.05) is 23.1 Å². The summed E-state index contributed by atoms with van der Waals surface area (Å²) in [5.74, 6) is 0.325. The molecule has 2 unspecified atom stereocenters. The average Bonchev–Trinajstić information content (AvgIpc) is 3.39. The van der Waals surface area contributed by atoms with Crippen molar-refractivity contribution in [3.8, 4) is 0 Å². The van der Waals surface area contributed by atoms with Crippen molar-refractivity contribution in [3.05, 3.63) is 35.9 Å². The van der Waals surface area contributed by atoms with E-state index in [1.54, 1.807) is 0 Å². The van der Waals surface area contributed by atoms with Gasteiger partial charge >= 0.3 is 5.97 Å². The van der Waals surface area contributed by atoms with Gasteiger partial charge in [-0.1, -0.05) is 30.3 Å². The van der Waals surface area contributed by atoms with E-state index in [4.69, 9.17) is 5.11 Å². The molecule has 1 aliphatic carbocycles. The van der Waals surface area contributed by atoms with Gasteiger partial charge in [-0.15, -0.1) is 0 Å². The second kappa shape index (κ2) is 7.16. The monoisotopic (exact) mass is 315 g/mol. The molecule has 4 nitrogen and oxygen atoms in total. The molecule has 0 bridgehead atoms. The zero-order chi connectivity index (χ0) is 16.2. The molecule has 23 heavy (non-hydrogen) atoms. The Labute approximate surface area is 137 Å². The van der Waals surface area contributed by atoms with E-state index in [0.717, 1.165) is 44.3 Å². The minimum Gasteiger partial charge on any atom is -0.481 e. The molecular weight excluding hydrogens is 290 g/mol. The summed E-state index contributed by atoms with van der Waals surface area (Å²) in [5, 5.41) is 8.86.